The van der Waals surface area contributed by atoms with Crippen LogP contribution in [0.25, 0.3) is 60.9 Å². The maximum absolute atomic E-state index is 15.3. The first-order valence-electron chi connectivity index (χ1n) is 16.3. The van der Waals surface area contributed by atoms with Crippen molar-refractivity contribution >= 4 is 59.9 Å². The SMILES string of the molecule is CNC(=O)c1c(-c2ccc(F)cc2)oc2cc(N(C)S(C)(=O)=O)c(-c3cc4c(cn3)nc(CN3CC(C)(C#N)C3)n3c5cccc(F)c5cc43)cc12. The summed E-state index contributed by atoms with van der Waals surface area (Å²) in [6.45, 7) is 3.48. The minimum atomic E-state index is -3.80. The van der Waals surface area contributed by atoms with Gasteiger partial charge in [-0.25, -0.2) is 22.2 Å². The number of aromatic nitrogens is 3. The van der Waals surface area contributed by atoms with Gasteiger partial charge in [-0.2, -0.15) is 5.26 Å². The van der Waals surface area contributed by atoms with Crippen LogP contribution in [0.3, 0.4) is 0 Å². The lowest BCUT2D eigenvalue weighted by atomic mass is 9.84. The highest BCUT2D eigenvalue weighted by atomic mass is 32.2. The summed E-state index contributed by atoms with van der Waals surface area (Å²) in [5.41, 5.74) is 3.21. The first-order chi connectivity index (χ1) is 24.8. The minimum Gasteiger partial charge on any atom is -0.455 e. The van der Waals surface area contributed by atoms with Crippen molar-refractivity contribution < 1.29 is 26.4 Å². The largest absolute Gasteiger partial charge is 0.455 e. The molecule has 5 heterocycles. The fourth-order valence-corrected chi connectivity index (χ4v) is 7.62. The molecule has 3 aromatic carbocycles. The number of carbonyl (C=O) groups is 1. The van der Waals surface area contributed by atoms with Gasteiger partial charge in [0.15, 0.2) is 0 Å². The molecule has 1 aliphatic heterocycles. The monoisotopic (exact) mass is 719 g/mol. The molecule has 1 saturated heterocycles. The number of anilines is 1. The van der Waals surface area contributed by atoms with E-state index < -0.39 is 33.0 Å². The summed E-state index contributed by atoms with van der Waals surface area (Å²) in [6, 6.07) is 19.5. The normalized spacial score (nSPS) is 14.6. The van der Waals surface area contributed by atoms with Crippen LogP contribution in [0, 0.1) is 28.4 Å². The molecule has 0 bridgehead atoms. The van der Waals surface area contributed by atoms with Crippen LogP contribution < -0.4 is 9.62 Å². The van der Waals surface area contributed by atoms with Crippen molar-refractivity contribution in [1.29, 1.82) is 5.26 Å². The molecule has 8 rings (SSSR count). The van der Waals surface area contributed by atoms with Gasteiger partial charge in [0.25, 0.3) is 5.91 Å². The van der Waals surface area contributed by atoms with Crippen LogP contribution >= 0.6 is 0 Å². The molecule has 1 amide bonds. The summed E-state index contributed by atoms with van der Waals surface area (Å²) in [5.74, 6) is -0.476. The van der Waals surface area contributed by atoms with E-state index in [-0.39, 0.29) is 22.6 Å². The van der Waals surface area contributed by atoms with Crippen LogP contribution in [0.5, 0.6) is 0 Å². The molecule has 14 heteroatoms. The zero-order valence-electron chi connectivity index (χ0n) is 28.5. The molecule has 0 spiro atoms. The van der Waals surface area contributed by atoms with Crippen molar-refractivity contribution in [1.82, 2.24) is 24.6 Å². The second-order valence-corrected chi connectivity index (χ2v) is 15.5. The van der Waals surface area contributed by atoms with Gasteiger partial charge in [-0.3, -0.25) is 23.4 Å². The molecule has 1 aliphatic rings. The van der Waals surface area contributed by atoms with Crippen LogP contribution in [-0.4, -0.2) is 67.0 Å². The van der Waals surface area contributed by atoms with Crippen LogP contribution in [-0.2, 0) is 16.6 Å². The van der Waals surface area contributed by atoms with Gasteiger partial charge in [-0.1, -0.05) is 6.07 Å². The second-order valence-electron chi connectivity index (χ2n) is 13.5. The average molecular weight is 720 g/mol. The summed E-state index contributed by atoms with van der Waals surface area (Å²) in [5, 5.41) is 13.6. The number of sulfonamides is 1. The highest BCUT2D eigenvalue weighted by Crippen LogP contribution is 2.42. The Balaban J connectivity index is 1.38. The van der Waals surface area contributed by atoms with Gasteiger partial charge in [0.05, 0.1) is 64.0 Å². The molecule has 0 unspecified atom stereocenters. The number of benzene rings is 3. The number of furan rings is 1. The van der Waals surface area contributed by atoms with Crippen molar-refractivity contribution in [3.8, 4) is 28.7 Å². The molecule has 0 aliphatic carbocycles. The van der Waals surface area contributed by atoms with E-state index in [1.54, 1.807) is 30.5 Å². The number of rotatable bonds is 7. The molecule has 0 radical (unpaired) electrons. The van der Waals surface area contributed by atoms with Gasteiger partial charge in [-0.05, 0) is 61.5 Å². The van der Waals surface area contributed by atoms with E-state index in [0.29, 0.717) is 75.0 Å². The van der Waals surface area contributed by atoms with Gasteiger partial charge < -0.3 is 9.73 Å². The highest BCUT2D eigenvalue weighted by molar-refractivity contribution is 7.92. The first-order valence-corrected chi connectivity index (χ1v) is 18.2. The van der Waals surface area contributed by atoms with Crippen molar-refractivity contribution in [2.45, 2.75) is 13.5 Å². The number of nitriles is 1. The molecule has 52 heavy (non-hydrogen) atoms. The van der Waals surface area contributed by atoms with E-state index in [1.807, 2.05) is 17.4 Å². The van der Waals surface area contributed by atoms with Crippen molar-refractivity contribution in [2.75, 3.05) is 37.7 Å². The molecule has 4 aromatic heterocycles. The Bertz CT molecular complexity index is 2780. The van der Waals surface area contributed by atoms with Crippen LogP contribution in [0.1, 0.15) is 23.1 Å². The lowest BCUT2D eigenvalue weighted by Crippen LogP contribution is -2.53. The van der Waals surface area contributed by atoms with Gasteiger partial charge in [-0.15, -0.1) is 0 Å². The van der Waals surface area contributed by atoms with Crippen molar-refractivity contribution in [2.24, 2.45) is 5.41 Å². The molecule has 7 aromatic rings. The smallest absolute Gasteiger partial charge is 0.255 e. The zero-order chi connectivity index (χ0) is 36.7. The topological polar surface area (TPSA) is 137 Å². The fourth-order valence-electron chi connectivity index (χ4n) is 7.11. The molecule has 0 atom stereocenters. The standard InChI is InChI=1S/C38H31F2N7O4S/c1-38(18-41)19-46(20-38)17-34-44-29-16-43-28(13-25(29)32-14-23-27(40)6-5-7-30(23)47(32)34)24-12-26-33(15-31(24)45(3)52(4,49)50)51-36(35(26)37(48)42-2)21-8-10-22(39)11-9-21/h5-16H,17,19-20H2,1-4H3,(H,42,48). The maximum atomic E-state index is 15.3. The number of nitrogens with zero attached hydrogens (tertiary/aromatic N) is 6. The number of nitrogens with one attached hydrogen (secondary N) is 1. The third-order valence-corrected chi connectivity index (χ3v) is 10.9. The lowest BCUT2D eigenvalue weighted by Gasteiger charge is -2.43. The summed E-state index contributed by atoms with van der Waals surface area (Å²) in [4.78, 5) is 25.2. The third-order valence-electron chi connectivity index (χ3n) is 9.72. The van der Waals surface area contributed by atoms with E-state index in [2.05, 4.69) is 16.3 Å². The number of likely N-dealkylation sites (tertiary alicyclic amines) is 1. The number of carbonyl (C=O) groups excluding carboxylic acids is 1. The molecule has 1 fully saturated rings. The molecular formula is C38H31F2N7O4S. The number of fused-ring (bicyclic) bond motifs is 6. The van der Waals surface area contributed by atoms with Crippen LogP contribution in [0.2, 0.25) is 0 Å². The maximum Gasteiger partial charge on any atom is 0.255 e. The van der Waals surface area contributed by atoms with Crippen LogP contribution in [0.4, 0.5) is 14.5 Å². The zero-order valence-corrected chi connectivity index (χ0v) is 29.3. The Hall–Kier alpha value is -5.91. The van der Waals surface area contributed by atoms with Crippen LogP contribution in [0.15, 0.2) is 77.3 Å². The van der Waals surface area contributed by atoms with Crippen molar-refractivity contribution in [3.05, 3.63) is 95.9 Å². The summed E-state index contributed by atoms with van der Waals surface area (Å²) in [6.07, 6.45) is 2.66. The number of amides is 1. The van der Waals surface area contributed by atoms with E-state index in [1.165, 1.54) is 50.5 Å². The lowest BCUT2D eigenvalue weighted by molar-refractivity contribution is 0.0504. The molecule has 0 saturated carbocycles. The van der Waals surface area contributed by atoms with E-state index in [0.717, 1.165) is 10.6 Å². The first kappa shape index (κ1) is 33.2. The fraction of sp³-hybridized carbons (Fsp3) is 0.211. The van der Waals surface area contributed by atoms with Gasteiger partial charge in [0.2, 0.25) is 10.0 Å². The Labute approximate surface area is 296 Å². The summed E-state index contributed by atoms with van der Waals surface area (Å²) >= 11 is 0. The second kappa shape index (κ2) is 11.8. The Morgan fingerprint density at radius 1 is 1.06 bits per heavy atom. The van der Waals surface area contributed by atoms with E-state index in [9.17, 15) is 22.9 Å². The quantitative estimate of drug-likeness (QED) is 0.197. The Morgan fingerprint density at radius 2 is 1.81 bits per heavy atom. The Morgan fingerprint density at radius 3 is 2.50 bits per heavy atom. The predicted octanol–water partition coefficient (Wildman–Crippen LogP) is 6.49. The molecule has 11 nitrogen and oxygen atoms in total. The number of hydrogen-bond acceptors (Lipinski definition) is 8. The van der Waals surface area contributed by atoms with Gasteiger partial charge in [0.1, 0.15) is 28.8 Å². The summed E-state index contributed by atoms with van der Waals surface area (Å²) in [7, 11) is -0.911. The number of hydrogen-bond donors (Lipinski definition) is 1. The van der Waals surface area contributed by atoms with Crippen molar-refractivity contribution in [3.63, 3.8) is 0 Å². The third kappa shape index (κ3) is 5.32. The van der Waals surface area contributed by atoms with E-state index >= 15 is 4.39 Å². The Kier molecular flexibility index (Phi) is 7.56. The molecular weight excluding hydrogens is 689 g/mol. The highest BCUT2D eigenvalue weighted by Gasteiger charge is 2.39. The predicted molar refractivity (Wildman–Crippen MR) is 194 cm³/mol. The molecule has 1 N–H and O–H groups in total. The number of pyridine rings is 1. The molecule has 262 valence electrons. The summed E-state index contributed by atoms with van der Waals surface area (Å²) < 4.78 is 64.2. The van der Waals surface area contributed by atoms with Gasteiger partial charge in [0, 0.05) is 60.5 Å². The number of halogens is 2. The average Bonchev–Trinajstić information content (AvgIpc) is 3.69. The van der Waals surface area contributed by atoms with E-state index in [4.69, 9.17) is 14.4 Å². The minimum absolute atomic E-state index is 0.181. The van der Waals surface area contributed by atoms with Gasteiger partial charge >= 0.3 is 0 Å².